The molecule has 7 nitrogen and oxygen atoms in total. The second-order valence-electron chi connectivity index (χ2n) is 5.05. The van der Waals surface area contributed by atoms with Crippen molar-refractivity contribution in [2.24, 2.45) is 5.73 Å². The number of ether oxygens (including phenoxy) is 1. The average molecular weight is 293 g/mol. The Bertz CT molecular complexity index is 527. The Kier molecular flexibility index (Phi) is 5.10. The summed E-state index contributed by atoms with van der Waals surface area (Å²) < 4.78 is 5.51. The van der Waals surface area contributed by atoms with Gasteiger partial charge in [-0.2, -0.15) is 0 Å². The molecule has 0 radical (unpaired) electrons. The highest BCUT2D eigenvalue weighted by Gasteiger charge is 2.19. The first-order valence-electron chi connectivity index (χ1n) is 7.01. The Hall–Kier alpha value is -2.15. The van der Waals surface area contributed by atoms with Gasteiger partial charge in [-0.3, -0.25) is 14.9 Å². The van der Waals surface area contributed by atoms with Crippen LogP contribution in [0.15, 0.2) is 18.2 Å². The number of nitro benzene ring substituents is 1. The van der Waals surface area contributed by atoms with E-state index in [2.05, 4.69) is 4.90 Å². The second-order valence-corrected chi connectivity index (χ2v) is 5.05. The van der Waals surface area contributed by atoms with E-state index < -0.39 is 10.8 Å². The quantitative estimate of drug-likeness (QED) is 0.467. The first kappa shape index (κ1) is 15.2. The lowest BCUT2D eigenvalue weighted by Gasteiger charge is -2.14. The number of carbonyl (C=O) groups is 1. The lowest BCUT2D eigenvalue weighted by Crippen LogP contribution is -2.21. The van der Waals surface area contributed by atoms with E-state index in [-0.39, 0.29) is 11.3 Å². The predicted molar refractivity (Wildman–Crippen MR) is 77.4 cm³/mol. The molecule has 0 aliphatic carbocycles. The summed E-state index contributed by atoms with van der Waals surface area (Å²) in [6.45, 7) is 3.74. The maximum atomic E-state index is 11.1. The van der Waals surface area contributed by atoms with Crippen molar-refractivity contribution in [1.82, 2.24) is 4.90 Å². The Morgan fingerprint density at radius 1 is 1.38 bits per heavy atom. The molecule has 114 valence electrons. The third-order valence-electron chi connectivity index (χ3n) is 3.52. The molecule has 1 amide bonds. The lowest BCUT2D eigenvalue weighted by molar-refractivity contribution is -0.385. The number of likely N-dealkylation sites (tertiary alicyclic amines) is 1. The molecule has 7 heteroatoms. The van der Waals surface area contributed by atoms with E-state index in [9.17, 15) is 14.9 Å². The lowest BCUT2D eigenvalue weighted by atomic mass is 10.1. The van der Waals surface area contributed by atoms with E-state index in [0.717, 1.165) is 26.1 Å². The highest BCUT2D eigenvalue weighted by Crippen LogP contribution is 2.24. The molecule has 21 heavy (non-hydrogen) atoms. The SMILES string of the molecule is NC(=O)c1ccc(OCCCN2CCCC2)cc1[N+](=O)[O-]. The number of hydrogen-bond acceptors (Lipinski definition) is 5. The van der Waals surface area contributed by atoms with Crippen LogP contribution in [0.25, 0.3) is 0 Å². The van der Waals surface area contributed by atoms with Crippen molar-refractivity contribution >= 4 is 11.6 Å². The summed E-state index contributed by atoms with van der Waals surface area (Å²) in [6, 6.07) is 4.11. The number of amides is 1. The minimum absolute atomic E-state index is 0.107. The Labute approximate surface area is 122 Å². The minimum atomic E-state index is -0.817. The van der Waals surface area contributed by atoms with Gasteiger partial charge in [0.25, 0.3) is 11.6 Å². The third-order valence-corrected chi connectivity index (χ3v) is 3.52. The van der Waals surface area contributed by atoms with Gasteiger partial charge in [-0.05, 0) is 44.5 Å². The first-order chi connectivity index (χ1) is 10.1. The number of primary amides is 1. The van der Waals surface area contributed by atoms with Gasteiger partial charge in [-0.25, -0.2) is 0 Å². The van der Waals surface area contributed by atoms with Gasteiger partial charge in [-0.15, -0.1) is 0 Å². The van der Waals surface area contributed by atoms with Crippen LogP contribution >= 0.6 is 0 Å². The van der Waals surface area contributed by atoms with Gasteiger partial charge >= 0.3 is 0 Å². The van der Waals surface area contributed by atoms with E-state index in [1.807, 2.05) is 0 Å². The molecular formula is C14H19N3O4. The molecular weight excluding hydrogens is 274 g/mol. The Balaban J connectivity index is 1.89. The zero-order valence-electron chi connectivity index (χ0n) is 11.8. The van der Waals surface area contributed by atoms with Gasteiger partial charge in [0.05, 0.1) is 17.6 Å². The zero-order valence-corrected chi connectivity index (χ0v) is 11.8. The molecule has 2 rings (SSSR count). The summed E-state index contributed by atoms with van der Waals surface area (Å²) in [4.78, 5) is 23.8. The number of nitrogens with two attached hydrogens (primary N) is 1. The fraction of sp³-hybridized carbons (Fsp3) is 0.500. The van der Waals surface area contributed by atoms with Crippen molar-refractivity contribution in [3.05, 3.63) is 33.9 Å². The van der Waals surface area contributed by atoms with Crippen LogP contribution in [0.5, 0.6) is 5.75 Å². The minimum Gasteiger partial charge on any atom is -0.493 e. The van der Waals surface area contributed by atoms with E-state index in [0.29, 0.717) is 12.4 Å². The molecule has 0 unspecified atom stereocenters. The fourth-order valence-electron chi connectivity index (χ4n) is 2.45. The van der Waals surface area contributed by atoms with Gasteiger partial charge in [-0.1, -0.05) is 0 Å². The van der Waals surface area contributed by atoms with E-state index in [1.54, 1.807) is 0 Å². The summed E-state index contributed by atoms with van der Waals surface area (Å²) in [5, 5.41) is 10.9. The van der Waals surface area contributed by atoms with Crippen molar-refractivity contribution in [3.63, 3.8) is 0 Å². The highest BCUT2D eigenvalue weighted by atomic mass is 16.6. The van der Waals surface area contributed by atoms with E-state index in [1.165, 1.54) is 31.0 Å². The molecule has 1 heterocycles. The van der Waals surface area contributed by atoms with E-state index in [4.69, 9.17) is 10.5 Å². The average Bonchev–Trinajstić information content (AvgIpc) is 2.96. The van der Waals surface area contributed by atoms with Crippen LogP contribution in [-0.2, 0) is 0 Å². The number of benzene rings is 1. The molecule has 2 N–H and O–H groups in total. The molecule has 1 aliphatic heterocycles. The molecule has 0 spiro atoms. The summed E-state index contributed by atoms with van der Waals surface area (Å²) in [7, 11) is 0. The standard InChI is InChI=1S/C14H19N3O4/c15-14(18)12-5-4-11(10-13(12)17(19)20)21-9-3-8-16-6-1-2-7-16/h4-5,10H,1-3,6-9H2,(H2,15,18). The van der Waals surface area contributed by atoms with Crippen LogP contribution < -0.4 is 10.5 Å². The normalized spacial score (nSPS) is 15.0. The molecule has 1 aromatic rings. The topological polar surface area (TPSA) is 98.7 Å². The van der Waals surface area contributed by atoms with Crippen LogP contribution in [0.1, 0.15) is 29.6 Å². The molecule has 0 atom stereocenters. The molecule has 1 fully saturated rings. The van der Waals surface area contributed by atoms with E-state index >= 15 is 0 Å². The van der Waals surface area contributed by atoms with Crippen LogP contribution in [0.2, 0.25) is 0 Å². The number of rotatable bonds is 7. The predicted octanol–water partition coefficient (Wildman–Crippen LogP) is 1.56. The van der Waals surface area contributed by atoms with Crippen molar-refractivity contribution in [3.8, 4) is 5.75 Å². The number of carbonyl (C=O) groups excluding carboxylic acids is 1. The summed E-state index contributed by atoms with van der Waals surface area (Å²) in [5.41, 5.74) is 4.68. The number of nitro groups is 1. The van der Waals surface area contributed by atoms with Gasteiger partial charge in [0.1, 0.15) is 11.3 Å². The van der Waals surface area contributed by atoms with Gasteiger partial charge in [0.15, 0.2) is 0 Å². The molecule has 0 saturated carbocycles. The van der Waals surface area contributed by atoms with Gasteiger partial charge < -0.3 is 15.4 Å². The van der Waals surface area contributed by atoms with Crippen LogP contribution in [0, 0.1) is 10.1 Å². The monoisotopic (exact) mass is 293 g/mol. The second kappa shape index (κ2) is 7.03. The summed E-state index contributed by atoms with van der Waals surface area (Å²) in [6.07, 6.45) is 3.37. The Morgan fingerprint density at radius 2 is 2.10 bits per heavy atom. The maximum absolute atomic E-state index is 11.1. The molecule has 1 aliphatic rings. The van der Waals surface area contributed by atoms with Crippen molar-refractivity contribution in [2.75, 3.05) is 26.2 Å². The van der Waals surface area contributed by atoms with Gasteiger partial charge in [0, 0.05) is 6.54 Å². The third kappa shape index (κ3) is 4.16. The molecule has 1 saturated heterocycles. The molecule has 0 aromatic heterocycles. The number of hydrogen-bond donors (Lipinski definition) is 1. The Morgan fingerprint density at radius 3 is 2.71 bits per heavy atom. The van der Waals surface area contributed by atoms with Crippen molar-refractivity contribution in [1.29, 1.82) is 0 Å². The highest BCUT2D eigenvalue weighted by molar-refractivity contribution is 5.97. The summed E-state index contributed by atoms with van der Waals surface area (Å²) >= 11 is 0. The number of nitrogens with zero attached hydrogens (tertiary/aromatic N) is 2. The van der Waals surface area contributed by atoms with Crippen molar-refractivity contribution in [2.45, 2.75) is 19.3 Å². The van der Waals surface area contributed by atoms with Gasteiger partial charge in [0.2, 0.25) is 0 Å². The van der Waals surface area contributed by atoms with Crippen molar-refractivity contribution < 1.29 is 14.5 Å². The smallest absolute Gasteiger partial charge is 0.285 e. The largest absolute Gasteiger partial charge is 0.493 e. The molecule has 1 aromatic carbocycles. The fourth-order valence-corrected chi connectivity index (χ4v) is 2.45. The van der Waals surface area contributed by atoms with Crippen LogP contribution in [-0.4, -0.2) is 42.0 Å². The molecule has 0 bridgehead atoms. The maximum Gasteiger partial charge on any atom is 0.285 e. The van der Waals surface area contributed by atoms with Crippen LogP contribution in [0.3, 0.4) is 0 Å². The summed E-state index contributed by atoms with van der Waals surface area (Å²) in [5.74, 6) is -0.435. The first-order valence-corrected chi connectivity index (χ1v) is 7.01. The zero-order chi connectivity index (χ0) is 15.2. The van der Waals surface area contributed by atoms with Crippen LogP contribution in [0.4, 0.5) is 5.69 Å².